The van der Waals surface area contributed by atoms with Crippen molar-refractivity contribution in [3.63, 3.8) is 0 Å². The highest BCUT2D eigenvalue weighted by molar-refractivity contribution is 7.09. The number of amides is 1. The maximum atomic E-state index is 12.1. The van der Waals surface area contributed by atoms with Crippen LogP contribution in [0.5, 0.6) is 5.75 Å². The van der Waals surface area contributed by atoms with Crippen molar-refractivity contribution in [2.45, 2.75) is 19.8 Å². The summed E-state index contributed by atoms with van der Waals surface area (Å²) in [6.45, 7) is 3.61. The number of hydrogen-bond donors (Lipinski definition) is 2. The van der Waals surface area contributed by atoms with Gasteiger partial charge in [0.25, 0.3) is 5.91 Å². The second kappa shape index (κ2) is 7.04. The van der Waals surface area contributed by atoms with Crippen LogP contribution in [0.25, 0.3) is 0 Å². The average Bonchev–Trinajstić information content (AvgIpc) is 2.95. The fourth-order valence-electron chi connectivity index (χ4n) is 1.66. The number of anilines is 1. The van der Waals surface area contributed by atoms with E-state index in [1.165, 1.54) is 11.3 Å². The zero-order valence-corrected chi connectivity index (χ0v) is 13.0. The van der Waals surface area contributed by atoms with Crippen LogP contribution in [0.15, 0.2) is 29.6 Å². The summed E-state index contributed by atoms with van der Waals surface area (Å²) < 4.78 is 5.07. The maximum absolute atomic E-state index is 12.1. The zero-order chi connectivity index (χ0) is 16.1. The number of ether oxygens (including phenoxy) is 1. The Morgan fingerprint density at radius 3 is 2.82 bits per heavy atom. The second-order valence-corrected chi connectivity index (χ2v) is 5.78. The van der Waals surface area contributed by atoms with E-state index in [0.29, 0.717) is 17.1 Å². The van der Waals surface area contributed by atoms with Crippen molar-refractivity contribution in [2.75, 3.05) is 11.9 Å². The third-order valence-electron chi connectivity index (χ3n) is 2.70. The summed E-state index contributed by atoms with van der Waals surface area (Å²) in [6, 6.07) is 6.56. The van der Waals surface area contributed by atoms with E-state index in [4.69, 9.17) is 9.84 Å². The summed E-state index contributed by atoms with van der Waals surface area (Å²) in [6.07, 6.45) is 0. The molecule has 0 fully saturated rings. The lowest BCUT2D eigenvalue weighted by Gasteiger charge is -2.07. The van der Waals surface area contributed by atoms with Crippen LogP contribution >= 0.6 is 11.3 Å². The smallest absolute Gasteiger partial charge is 0.341 e. The number of carbonyl (C=O) groups is 2. The molecule has 0 saturated heterocycles. The van der Waals surface area contributed by atoms with E-state index in [1.54, 1.807) is 29.6 Å². The predicted molar refractivity (Wildman–Crippen MR) is 83.7 cm³/mol. The summed E-state index contributed by atoms with van der Waals surface area (Å²) in [5.74, 6) is -0.711. The Hall–Kier alpha value is -2.41. The van der Waals surface area contributed by atoms with E-state index in [1.807, 2.05) is 13.8 Å². The molecule has 2 N–H and O–H groups in total. The number of hydrogen-bond acceptors (Lipinski definition) is 5. The van der Waals surface area contributed by atoms with Crippen LogP contribution < -0.4 is 10.1 Å². The van der Waals surface area contributed by atoms with Crippen LogP contribution in [-0.4, -0.2) is 28.6 Å². The number of rotatable bonds is 6. The summed E-state index contributed by atoms with van der Waals surface area (Å²) >= 11 is 1.45. The van der Waals surface area contributed by atoms with Gasteiger partial charge in [0, 0.05) is 23.1 Å². The predicted octanol–water partition coefficient (Wildman–Crippen LogP) is 2.98. The van der Waals surface area contributed by atoms with Gasteiger partial charge in [-0.25, -0.2) is 9.78 Å². The number of aromatic nitrogens is 1. The molecule has 6 nitrogen and oxygen atoms in total. The standard InChI is InChI=1S/C15H16N2O4S/c1-9(2)15-17-12(8-22-15)14(20)16-10-4-3-5-11(6-10)21-7-13(18)19/h3-6,8-9H,7H2,1-2H3,(H,16,20)(H,18,19). The number of carboxylic acid groups (broad SMARTS) is 1. The van der Waals surface area contributed by atoms with Crippen molar-refractivity contribution in [2.24, 2.45) is 0 Å². The monoisotopic (exact) mass is 320 g/mol. The SMILES string of the molecule is CC(C)c1nc(C(=O)Nc2cccc(OCC(=O)O)c2)cs1. The third-order valence-corrected chi connectivity index (χ3v) is 3.85. The largest absolute Gasteiger partial charge is 0.482 e. The molecule has 22 heavy (non-hydrogen) atoms. The molecular formula is C15H16N2O4S. The Morgan fingerprint density at radius 2 is 2.18 bits per heavy atom. The number of benzene rings is 1. The van der Waals surface area contributed by atoms with Gasteiger partial charge < -0.3 is 15.2 Å². The molecule has 0 bridgehead atoms. The fraction of sp³-hybridized carbons (Fsp3) is 0.267. The molecule has 0 aliphatic carbocycles. The molecule has 7 heteroatoms. The molecule has 1 aromatic heterocycles. The van der Waals surface area contributed by atoms with Gasteiger partial charge in [0.15, 0.2) is 6.61 Å². The Kier molecular flexibility index (Phi) is 5.11. The lowest BCUT2D eigenvalue weighted by Crippen LogP contribution is -2.13. The van der Waals surface area contributed by atoms with Crippen LogP contribution in [0, 0.1) is 0 Å². The minimum atomic E-state index is -1.06. The number of carboxylic acids is 1. The van der Waals surface area contributed by atoms with E-state index in [9.17, 15) is 9.59 Å². The number of nitrogens with one attached hydrogen (secondary N) is 1. The summed E-state index contributed by atoms with van der Waals surface area (Å²) in [5.41, 5.74) is 0.887. The molecule has 1 amide bonds. The quantitative estimate of drug-likeness (QED) is 0.854. The highest BCUT2D eigenvalue weighted by Gasteiger charge is 2.13. The Labute approximate surface area is 131 Å². The summed E-state index contributed by atoms with van der Waals surface area (Å²) in [4.78, 5) is 26.9. The van der Waals surface area contributed by atoms with Gasteiger partial charge in [-0.1, -0.05) is 19.9 Å². The topological polar surface area (TPSA) is 88.5 Å². The normalized spacial score (nSPS) is 10.5. The molecule has 0 aliphatic rings. The molecule has 0 atom stereocenters. The lowest BCUT2D eigenvalue weighted by molar-refractivity contribution is -0.139. The van der Waals surface area contributed by atoms with Crippen molar-refractivity contribution >= 4 is 28.9 Å². The van der Waals surface area contributed by atoms with Gasteiger partial charge in [0.2, 0.25) is 0 Å². The molecule has 0 radical (unpaired) electrons. The summed E-state index contributed by atoms with van der Waals surface area (Å²) in [7, 11) is 0. The van der Waals surface area contributed by atoms with Crippen LogP contribution in [-0.2, 0) is 4.79 Å². The molecule has 2 rings (SSSR count). The van der Waals surface area contributed by atoms with Gasteiger partial charge in [0.1, 0.15) is 11.4 Å². The average molecular weight is 320 g/mol. The van der Waals surface area contributed by atoms with Crippen LogP contribution in [0.2, 0.25) is 0 Å². The minimum Gasteiger partial charge on any atom is -0.482 e. The van der Waals surface area contributed by atoms with E-state index < -0.39 is 12.6 Å². The van der Waals surface area contributed by atoms with Crippen molar-refractivity contribution in [1.82, 2.24) is 4.98 Å². The molecule has 0 saturated carbocycles. The molecule has 1 heterocycles. The van der Waals surface area contributed by atoms with Crippen molar-refractivity contribution < 1.29 is 19.4 Å². The van der Waals surface area contributed by atoms with Gasteiger partial charge in [-0.15, -0.1) is 11.3 Å². The molecule has 0 aliphatic heterocycles. The van der Waals surface area contributed by atoms with Crippen LogP contribution in [0.4, 0.5) is 5.69 Å². The highest BCUT2D eigenvalue weighted by Crippen LogP contribution is 2.21. The molecule has 1 aromatic carbocycles. The van der Waals surface area contributed by atoms with Crippen LogP contribution in [0.3, 0.4) is 0 Å². The van der Waals surface area contributed by atoms with Gasteiger partial charge >= 0.3 is 5.97 Å². The van der Waals surface area contributed by atoms with Gasteiger partial charge in [-0.3, -0.25) is 4.79 Å². The van der Waals surface area contributed by atoms with Gasteiger partial charge in [-0.2, -0.15) is 0 Å². The first-order valence-corrected chi connectivity index (χ1v) is 7.55. The Morgan fingerprint density at radius 1 is 1.41 bits per heavy atom. The van der Waals surface area contributed by atoms with E-state index in [-0.39, 0.29) is 11.8 Å². The first-order valence-electron chi connectivity index (χ1n) is 6.67. The van der Waals surface area contributed by atoms with E-state index in [2.05, 4.69) is 10.3 Å². The molecule has 0 spiro atoms. The number of thiazole rings is 1. The van der Waals surface area contributed by atoms with Crippen molar-refractivity contribution in [3.05, 3.63) is 40.3 Å². The first-order chi connectivity index (χ1) is 10.5. The van der Waals surface area contributed by atoms with Crippen molar-refractivity contribution in [1.29, 1.82) is 0 Å². The van der Waals surface area contributed by atoms with E-state index in [0.717, 1.165) is 5.01 Å². The van der Waals surface area contributed by atoms with Gasteiger partial charge in [-0.05, 0) is 12.1 Å². The third kappa shape index (κ3) is 4.29. The lowest BCUT2D eigenvalue weighted by atomic mass is 10.2. The number of aliphatic carboxylic acids is 1. The molecular weight excluding hydrogens is 304 g/mol. The van der Waals surface area contributed by atoms with Crippen LogP contribution in [0.1, 0.15) is 35.3 Å². The van der Waals surface area contributed by atoms with Gasteiger partial charge in [0.05, 0.1) is 5.01 Å². The molecule has 116 valence electrons. The molecule has 0 unspecified atom stereocenters. The maximum Gasteiger partial charge on any atom is 0.341 e. The highest BCUT2D eigenvalue weighted by atomic mass is 32.1. The Bertz CT molecular complexity index is 682. The molecule has 2 aromatic rings. The Balaban J connectivity index is 2.04. The number of carbonyl (C=O) groups excluding carboxylic acids is 1. The van der Waals surface area contributed by atoms with Crippen molar-refractivity contribution in [3.8, 4) is 5.75 Å². The first kappa shape index (κ1) is 16.0. The fourth-order valence-corrected chi connectivity index (χ4v) is 2.48. The minimum absolute atomic E-state index is 0.277. The summed E-state index contributed by atoms with van der Waals surface area (Å²) in [5, 5.41) is 13.9. The second-order valence-electron chi connectivity index (χ2n) is 4.89. The van der Waals surface area contributed by atoms with E-state index >= 15 is 0 Å². The zero-order valence-electron chi connectivity index (χ0n) is 12.2. The number of nitrogens with zero attached hydrogens (tertiary/aromatic N) is 1.